The van der Waals surface area contributed by atoms with Crippen LogP contribution in [-0.4, -0.2) is 9.55 Å². The van der Waals surface area contributed by atoms with Crippen LogP contribution >= 0.6 is 34.5 Å². The maximum absolute atomic E-state index is 13.0. The first-order valence-corrected chi connectivity index (χ1v) is 9.28. The van der Waals surface area contributed by atoms with Gasteiger partial charge in [-0.3, -0.25) is 9.78 Å². The summed E-state index contributed by atoms with van der Waals surface area (Å²) >= 11 is 13.5. The van der Waals surface area contributed by atoms with Crippen molar-refractivity contribution in [3.05, 3.63) is 59.5 Å². The average molecular weight is 381 g/mol. The molecule has 0 radical (unpaired) electrons. The van der Waals surface area contributed by atoms with Gasteiger partial charge in [0, 0.05) is 4.88 Å². The van der Waals surface area contributed by atoms with Crippen molar-refractivity contribution in [3.8, 4) is 5.69 Å². The minimum atomic E-state index is -0.461. The Bertz CT molecular complexity index is 1080. The van der Waals surface area contributed by atoms with Gasteiger partial charge in [0.1, 0.15) is 4.83 Å². The van der Waals surface area contributed by atoms with Crippen LogP contribution in [0, 0.1) is 5.92 Å². The molecule has 0 amide bonds. The summed E-state index contributed by atoms with van der Waals surface area (Å²) in [5, 5.41) is 1.32. The van der Waals surface area contributed by atoms with Crippen LogP contribution < -0.4 is 11.2 Å². The molecule has 1 N–H and O–H groups in total. The van der Waals surface area contributed by atoms with Crippen LogP contribution in [0.5, 0.6) is 0 Å². The van der Waals surface area contributed by atoms with Crippen molar-refractivity contribution in [1.29, 1.82) is 0 Å². The topological polar surface area (TPSA) is 54.9 Å². The maximum Gasteiger partial charge on any atom is 0.334 e. The zero-order valence-electron chi connectivity index (χ0n) is 12.9. The molecular weight excluding hydrogens is 367 g/mol. The molecule has 7 heteroatoms. The Morgan fingerprint density at radius 3 is 2.79 bits per heavy atom. The number of hydrogen-bond acceptors (Lipinski definition) is 3. The molecule has 3 aromatic rings. The van der Waals surface area contributed by atoms with Gasteiger partial charge in [-0.25, -0.2) is 9.36 Å². The predicted octanol–water partition coefficient (Wildman–Crippen LogP) is 4.17. The SMILES string of the molecule is C[C@@H]1CCc2c(sc3[nH]c(=O)n(-c4ccc(Cl)c(Cl)c4)c(=O)c23)C1. The maximum atomic E-state index is 13.0. The van der Waals surface area contributed by atoms with Gasteiger partial charge >= 0.3 is 5.69 Å². The van der Waals surface area contributed by atoms with Crippen LogP contribution in [0.4, 0.5) is 0 Å². The third kappa shape index (κ3) is 2.42. The summed E-state index contributed by atoms with van der Waals surface area (Å²) < 4.78 is 1.13. The molecule has 124 valence electrons. The van der Waals surface area contributed by atoms with Gasteiger partial charge in [-0.2, -0.15) is 0 Å². The highest BCUT2D eigenvalue weighted by Crippen LogP contribution is 2.35. The number of aromatic amines is 1. The summed E-state index contributed by atoms with van der Waals surface area (Å²) in [6, 6.07) is 4.74. The van der Waals surface area contributed by atoms with Crippen molar-refractivity contribution in [2.75, 3.05) is 0 Å². The summed E-state index contributed by atoms with van der Waals surface area (Å²) in [5.41, 5.74) is 0.751. The molecule has 0 saturated heterocycles. The number of nitrogens with zero attached hydrogens (tertiary/aromatic N) is 1. The zero-order valence-corrected chi connectivity index (χ0v) is 15.2. The van der Waals surface area contributed by atoms with Crippen molar-refractivity contribution >= 4 is 44.8 Å². The Hall–Kier alpha value is -1.56. The molecule has 0 aliphatic heterocycles. The van der Waals surface area contributed by atoms with Crippen molar-refractivity contribution in [2.24, 2.45) is 5.92 Å². The molecule has 1 aromatic carbocycles. The first-order chi connectivity index (χ1) is 11.5. The van der Waals surface area contributed by atoms with E-state index in [-0.39, 0.29) is 5.56 Å². The fourth-order valence-electron chi connectivity index (χ4n) is 3.28. The number of H-pyrrole nitrogens is 1. The molecule has 4 nitrogen and oxygen atoms in total. The lowest BCUT2D eigenvalue weighted by Crippen LogP contribution is -2.33. The Labute approximate surface area is 151 Å². The summed E-state index contributed by atoms with van der Waals surface area (Å²) in [5.74, 6) is 0.606. The van der Waals surface area contributed by atoms with E-state index in [2.05, 4.69) is 11.9 Å². The van der Waals surface area contributed by atoms with Gasteiger partial charge < -0.3 is 0 Å². The number of hydrogen-bond donors (Lipinski definition) is 1. The van der Waals surface area contributed by atoms with Crippen LogP contribution in [0.2, 0.25) is 10.0 Å². The van der Waals surface area contributed by atoms with Crippen molar-refractivity contribution in [2.45, 2.75) is 26.2 Å². The Kier molecular flexibility index (Phi) is 3.82. The molecule has 4 rings (SSSR count). The molecule has 1 aliphatic carbocycles. The van der Waals surface area contributed by atoms with Gasteiger partial charge in [0.25, 0.3) is 5.56 Å². The molecule has 0 spiro atoms. The highest BCUT2D eigenvalue weighted by atomic mass is 35.5. The van der Waals surface area contributed by atoms with Crippen molar-refractivity contribution < 1.29 is 0 Å². The average Bonchev–Trinajstić information content (AvgIpc) is 2.87. The highest BCUT2D eigenvalue weighted by molar-refractivity contribution is 7.18. The first kappa shape index (κ1) is 15.9. The molecule has 1 atom stereocenters. The van der Waals surface area contributed by atoms with Crippen LogP contribution in [0.1, 0.15) is 23.8 Å². The van der Waals surface area contributed by atoms with E-state index in [1.807, 2.05) is 0 Å². The second-order valence-electron chi connectivity index (χ2n) is 6.23. The zero-order chi connectivity index (χ0) is 17.0. The van der Waals surface area contributed by atoms with Crippen molar-refractivity contribution in [3.63, 3.8) is 0 Å². The van der Waals surface area contributed by atoms with E-state index in [0.29, 0.717) is 31.9 Å². The number of thiophene rings is 1. The third-order valence-electron chi connectivity index (χ3n) is 4.51. The van der Waals surface area contributed by atoms with E-state index < -0.39 is 5.69 Å². The molecule has 0 fully saturated rings. The molecule has 0 bridgehead atoms. The number of benzene rings is 1. The Morgan fingerprint density at radius 2 is 2.04 bits per heavy atom. The first-order valence-electron chi connectivity index (χ1n) is 7.70. The molecule has 2 aromatic heterocycles. The van der Waals surface area contributed by atoms with E-state index in [9.17, 15) is 9.59 Å². The third-order valence-corrected chi connectivity index (χ3v) is 6.42. The second kappa shape index (κ2) is 5.76. The Balaban J connectivity index is 2.02. The Morgan fingerprint density at radius 1 is 1.25 bits per heavy atom. The van der Waals surface area contributed by atoms with Gasteiger partial charge in [-0.15, -0.1) is 11.3 Å². The van der Waals surface area contributed by atoms with Crippen molar-refractivity contribution in [1.82, 2.24) is 9.55 Å². The largest absolute Gasteiger partial charge is 0.334 e. The van der Waals surface area contributed by atoms with Gasteiger partial charge in [-0.1, -0.05) is 30.1 Å². The summed E-state index contributed by atoms with van der Waals surface area (Å²) in [6.45, 7) is 2.21. The van der Waals surface area contributed by atoms with Crippen LogP contribution in [0.15, 0.2) is 27.8 Å². The molecule has 0 unspecified atom stereocenters. The molecule has 2 heterocycles. The lowest BCUT2D eigenvalue weighted by atomic mass is 9.89. The van der Waals surface area contributed by atoms with Gasteiger partial charge in [0.15, 0.2) is 0 Å². The normalized spacial score (nSPS) is 17.2. The summed E-state index contributed by atoms with van der Waals surface area (Å²) in [7, 11) is 0. The van der Waals surface area contributed by atoms with Crippen LogP contribution in [-0.2, 0) is 12.8 Å². The van der Waals surface area contributed by atoms with Gasteiger partial charge in [0.05, 0.1) is 21.1 Å². The van der Waals surface area contributed by atoms with Crippen LogP contribution in [0.25, 0.3) is 15.9 Å². The van der Waals surface area contributed by atoms with Gasteiger partial charge in [0.2, 0.25) is 0 Å². The van der Waals surface area contributed by atoms with Crippen LogP contribution in [0.3, 0.4) is 0 Å². The minimum absolute atomic E-state index is 0.292. The fourth-order valence-corrected chi connectivity index (χ4v) is 4.97. The van der Waals surface area contributed by atoms with Gasteiger partial charge in [-0.05, 0) is 48.9 Å². The summed E-state index contributed by atoms with van der Waals surface area (Å²) in [6.07, 6.45) is 2.90. The predicted molar refractivity (Wildman–Crippen MR) is 99.3 cm³/mol. The summed E-state index contributed by atoms with van der Waals surface area (Å²) in [4.78, 5) is 30.2. The van der Waals surface area contributed by atoms with E-state index in [1.165, 1.54) is 22.3 Å². The number of rotatable bonds is 1. The quantitative estimate of drug-likeness (QED) is 0.688. The van der Waals surface area contributed by atoms with E-state index >= 15 is 0 Å². The lowest BCUT2D eigenvalue weighted by Gasteiger charge is -2.17. The lowest BCUT2D eigenvalue weighted by molar-refractivity contribution is 0.509. The molecule has 1 aliphatic rings. The van der Waals surface area contributed by atoms with E-state index in [4.69, 9.17) is 23.2 Å². The smallest absolute Gasteiger partial charge is 0.298 e. The highest BCUT2D eigenvalue weighted by Gasteiger charge is 2.24. The number of fused-ring (bicyclic) bond motifs is 3. The van der Waals surface area contributed by atoms with E-state index in [1.54, 1.807) is 12.1 Å². The fraction of sp³-hybridized carbons (Fsp3) is 0.294. The molecule has 24 heavy (non-hydrogen) atoms. The minimum Gasteiger partial charge on any atom is -0.298 e. The number of halogens is 2. The number of aromatic nitrogens is 2. The van der Waals surface area contributed by atoms with E-state index in [0.717, 1.165) is 29.4 Å². The molecule has 0 saturated carbocycles. The standard InChI is InChI=1S/C17H14Cl2N2O2S/c1-8-2-4-10-13(6-8)24-15-14(10)16(22)21(17(23)20-15)9-3-5-11(18)12(19)7-9/h3,5,7-8H,2,4,6H2,1H3,(H,20,23)/t8-/m1/s1. The second-order valence-corrected chi connectivity index (χ2v) is 8.14. The number of nitrogens with one attached hydrogen (secondary N) is 1. The molecular formula is C17H14Cl2N2O2S. The number of aryl methyl sites for hydroxylation is 1. The monoisotopic (exact) mass is 380 g/mol.